The molecule has 1 saturated carbocycles. The van der Waals surface area contributed by atoms with Crippen LogP contribution in [0, 0.1) is 11.8 Å². The van der Waals surface area contributed by atoms with Gasteiger partial charge in [0.25, 0.3) is 5.92 Å². The lowest BCUT2D eigenvalue weighted by Crippen LogP contribution is -2.29. The number of aromatic nitrogens is 1. The molecule has 2 N–H and O–H groups in total. The van der Waals surface area contributed by atoms with Gasteiger partial charge in [0, 0.05) is 31.6 Å². The third-order valence-electron chi connectivity index (χ3n) is 3.95. The van der Waals surface area contributed by atoms with Crippen LogP contribution in [0.3, 0.4) is 0 Å². The highest BCUT2D eigenvalue weighted by molar-refractivity contribution is 5.62. The third-order valence-corrected chi connectivity index (χ3v) is 3.95. The maximum atomic E-state index is 13.6. The van der Waals surface area contributed by atoms with E-state index >= 15 is 0 Å². The first-order valence-corrected chi connectivity index (χ1v) is 5.91. The van der Waals surface area contributed by atoms with Crippen LogP contribution in [0.2, 0.25) is 0 Å². The number of halogens is 2. The Kier molecular flexibility index (Phi) is 2.24. The molecular weight excluding hydrogens is 224 g/mol. The first kappa shape index (κ1) is 10.7. The molecule has 2 fully saturated rings. The molecular formula is C12H15F2N3. The van der Waals surface area contributed by atoms with E-state index in [9.17, 15) is 8.78 Å². The van der Waals surface area contributed by atoms with Crippen molar-refractivity contribution in [3.8, 4) is 0 Å². The minimum absolute atomic E-state index is 0.0356. The van der Waals surface area contributed by atoms with E-state index in [1.165, 1.54) is 0 Å². The number of alkyl halides is 2. The van der Waals surface area contributed by atoms with E-state index in [1.807, 2.05) is 4.90 Å². The minimum Gasteiger partial charge on any atom is -0.396 e. The summed E-state index contributed by atoms with van der Waals surface area (Å²) >= 11 is 0. The topological polar surface area (TPSA) is 42.1 Å². The third kappa shape index (κ3) is 1.64. The Morgan fingerprint density at radius 1 is 1.41 bits per heavy atom. The summed E-state index contributed by atoms with van der Waals surface area (Å²) in [5.74, 6) is -2.30. The summed E-state index contributed by atoms with van der Waals surface area (Å²) in [6.45, 7) is 1.03. The van der Waals surface area contributed by atoms with Crippen molar-refractivity contribution >= 4 is 11.5 Å². The molecule has 2 atom stereocenters. The molecule has 17 heavy (non-hydrogen) atoms. The molecule has 1 aliphatic carbocycles. The predicted molar refractivity (Wildman–Crippen MR) is 62.0 cm³/mol. The molecule has 0 amide bonds. The molecule has 5 heteroatoms. The van der Waals surface area contributed by atoms with Gasteiger partial charge in [-0.2, -0.15) is 0 Å². The summed E-state index contributed by atoms with van der Waals surface area (Å²) in [5, 5.41) is 0. The zero-order valence-corrected chi connectivity index (χ0v) is 9.44. The SMILES string of the molecule is Nc1cccnc1N1C[C@H]2CCC(F)(F)[C@@H]2C1. The molecule has 3 rings (SSSR count). The number of nitrogens with zero attached hydrogens (tertiary/aromatic N) is 2. The quantitative estimate of drug-likeness (QED) is 0.816. The standard InChI is InChI=1S/C12H15F2N3/c13-12(14)4-3-8-6-17(7-9(8)12)11-10(15)2-1-5-16-11/h1-2,5,8-9H,3-4,6-7,15H2/t8-,9-/m1/s1. The monoisotopic (exact) mass is 239 g/mol. The molecule has 1 aromatic rings. The normalized spacial score (nSPS) is 30.6. The molecule has 1 aliphatic heterocycles. The van der Waals surface area contributed by atoms with Crippen LogP contribution in [0.4, 0.5) is 20.3 Å². The molecule has 3 nitrogen and oxygen atoms in total. The lowest BCUT2D eigenvalue weighted by Gasteiger charge is -2.22. The highest BCUT2D eigenvalue weighted by atomic mass is 19.3. The molecule has 0 spiro atoms. The summed E-state index contributed by atoms with van der Waals surface area (Å²) in [6, 6.07) is 3.51. The second-order valence-electron chi connectivity index (χ2n) is 4.99. The van der Waals surface area contributed by atoms with E-state index in [4.69, 9.17) is 5.73 Å². The van der Waals surface area contributed by atoms with E-state index in [0.717, 1.165) is 0 Å². The minimum atomic E-state index is -2.51. The van der Waals surface area contributed by atoms with Gasteiger partial charge in [0.1, 0.15) is 0 Å². The Balaban J connectivity index is 1.84. The maximum absolute atomic E-state index is 13.6. The predicted octanol–water partition coefficient (Wildman–Crippen LogP) is 2.15. The Hall–Kier alpha value is -1.39. The summed E-state index contributed by atoms with van der Waals surface area (Å²) in [6.07, 6.45) is 2.30. The van der Waals surface area contributed by atoms with Crippen molar-refractivity contribution in [3.05, 3.63) is 18.3 Å². The smallest absolute Gasteiger partial charge is 0.252 e. The Morgan fingerprint density at radius 3 is 2.94 bits per heavy atom. The molecule has 1 saturated heterocycles. The largest absolute Gasteiger partial charge is 0.396 e. The van der Waals surface area contributed by atoms with Crippen molar-refractivity contribution in [2.75, 3.05) is 23.7 Å². The van der Waals surface area contributed by atoms with Crippen molar-refractivity contribution in [1.82, 2.24) is 4.98 Å². The highest BCUT2D eigenvalue weighted by Gasteiger charge is 2.54. The van der Waals surface area contributed by atoms with E-state index in [2.05, 4.69) is 4.98 Å². The number of nitrogens with two attached hydrogens (primary N) is 1. The van der Waals surface area contributed by atoms with Gasteiger partial charge in [-0.25, -0.2) is 13.8 Å². The molecule has 2 aliphatic rings. The van der Waals surface area contributed by atoms with Gasteiger partial charge < -0.3 is 10.6 Å². The molecule has 0 bridgehead atoms. The van der Waals surface area contributed by atoms with Crippen LogP contribution in [0.1, 0.15) is 12.8 Å². The van der Waals surface area contributed by atoms with Crippen LogP contribution in [0.5, 0.6) is 0 Å². The van der Waals surface area contributed by atoms with Crippen molar-refractivity contribution in [3.63, 3.8) is 0 Å². The molecule has 0 aromatic carbocycles. The second-order valence-corrected chi connectivity index (χ2v) is 4.99. The van der Waals surface area contributed by atoms with Gasteiger partial charge in [-0.3, -0.25) is 0 Å². The Labute approximate surface area is 98.6 Å². The average molecular weight is 239 g/mol. The number of hydrogen-bond donors (Lipinski definition) is 1. The van der Waals surface area contributed by atoms with Gasteiger partial charge in [-0.15, -0.1) is 0 Å². The summed E-state index contributed by atoms with van der Waals surface area (Å²) in [5.41, 5.74) is 6.39. The molecule has 2 heterocycles. The zero-order chi connectivity index (χ0) is 12.0. The first-order valence-electron chi connectivity index (χ1n) is 5.91. The molecule has 92 valence electrons. The van der Waals surface area contributed by atoms with Crippen molar-refractivity contribution in [2.45, 2.75) is 18.8 Å². The van der Waals surface area contributed by atoms with E-state index < -0.39 is 11.8 Å². The highest BCUT2D eigenvalue weighted by Crippen LogP contribution is 2.49. The van der Waals surface area contributed by atoms with Gasteiger partial charge >= 0.3 is 0 Å². The molecule has 1 aromatic heterocycles. The van der Waals surface area contributed by atoms with Crippen molar-refractivity contribution in [1.29, 1.82) is 0 Å². The number of pyridine rings is 1. The average Bonchev–Trinajstić information content (AvgIpc) is 2.81. The van der Waals surface area contributed by atoms with E-state index in [1.54, 1.807) is 18.3 Å². The number of hydrogen-bond acceptors (Lipinski definition) is 3. The second kappa shape index (κ2) is 3.55. The van der Waals surface area contributed by atoms with Crippen LogP contribution < -0.4 is 10.6 Å². The number of rotatable bonds is 1. The van der Waals surface area contributed by atoms with Crippen LogP contribution in [0.25, 0.3) is 0 Å². The number of nitrogen functional groups attached to an aromatic ring is 1. The summed E-state index contributed by atoms with van der Waals surface area (Å²) < 4.78 is 27.2. The fourth-order valence-electron chi connectivity index (χ4n) is 3.05. The van der Waals surface area contributed by atoms with Crippen LogP contribution >= 0.6 is 0 Å². The van der Waals surface area contributed by atoms with Crippen LogP contribution in [-0.4, -0.2) is 24.0 Å². The van der Waals surface area contributed by atoms with E-state index in [-0.39, 0.29) is 12.3 Å². The lowest BCUT2D eigenvalue weighted by atomic mass is 9.99. The molecule has 0 unspecified atom stereocenters. The van der Waals surface area contributed by atoms with Crippen molar-refractivity contribution < 1.29 is 8.78 Å². The van der Waals surface area contributed by atoms with Gasteiger partial charge in [0.15, 0.2) is 5.82 Å². The fourth-order valence-corrected chi connectivity index (χ4v) is 3.05. The first-order chi connectivity index (χ1) is 8.08. The van der Waals surface area contributed by atoms with Gasteiger partial charge in [0.2, 0.25) is 0 Å². The zero-order valence-electron chi connectivity index (χ0n) is 9.44. The summed E-state index contributed by atoms with van der Waals surface area (Å²) in [7, 11) is 0. The fraction of sp³-hybridized carbons (Fsp3) is 0.583. The van der Waals surface area contributed by atoms with Crippen LogP contribution in [0.15, 0.2) is 18.3 Å². The van der Waals surface area contributed by atoms with E-state index in [0.29, 0.717) is 31.0 Å². The van der Waals surface area contributed by atoms with Crippen molar-refractivity contribution in [2.24, 2.45) is 11.8 Å². The van der Waals surface area contributed by atoms with Gasteiger partial charge in [-0.05, 0) is 24.5 Å². The lowest BCUT2D eigenvalue weighted by molar-refractivity contribution is -0.0351. The number of anilines is 2. The Morgan fingerprint density at radius 2 is 2.24 bits per heavy atom. The maximum Gasteiger partial charge on any atom is 0.252 e. The summed E-state index contributed by atoms with van der Waals surface area (Å²) in [4.78, 5) is 6.09. The van der Waals surface area contributed by atoms with Gasteiger partial charge in [-0.1, -0.05) is 0 Å². The van der Waals surface area contributed by atoms with Crippen LogP contribution in [-0.2, 0) is 0 Å². The van der Waals surface area contributed by atoms with Gasteiger partial charge in [0.05, 0.1) is 5.69 Å². The Bertz CT molecular complexity index is 436. The molecule has 0 radical (unpaired) electrons. The number of fused-ring (bicyclic) bond motifs is 1.